The van der Waals surface area contributed by atoms with E-state index in [0.29, 0.717) is 0 Å². The topological polar surface area (TPSA) is 72.7 Å². The molecule has 0 saturated carbocycles. The number of aromatic amines is 1. The van der Waals surface area contributed by atoms with Crippen LogP contribution in [-0.2, 0) is 0 Å². The van der Waals surface area contributed by atoms with Gasteiger partial charge in [-0.3, -0.25) is 0 Å². The molecule has 2 heterocycles. The first-order valence-corrected chi connectivity index (χ1v) is 4.30. The number of nitriles is 1. The predicted octanol–water partition coefficient (Wildman–Crippen LogP) is 1.51. The molecule has 4 nitrogen and oxygen atoms in total. The number of pyridine rings is 1. The Morgan fingerprint density at radius 2 is 2.50 bits per heavy atom. The van der Waals surface area contributed by atoms with Crippen LogP contribution < -0.4 is 0 Å². The minimum absolute atomic E-state index is 0.0991. The average molecular weight is 187 g/mol. The second-order valence-corrected chi connectivity index (χ2v) is 3.02. The van der Waals surface area contributed by atoms with Crippen molar-refractivity contribution in [2.45, 2.75) is 12.5 Å². The van der Waals surface area contributed by atoms with Gasteiger partial charge in [0.25, 0.3) is 0 Å². The van der Waals surface area contributed by atoms with Gasteiger partial charge >= 0.3 is 0 Å². The normalized spacial score (nSPS) is 12.6. The SMILES string of the molecule is N#CCC(O)c1c[nH]c2ncccc12. The van der Waals surface area contributed by atoms with Crippen molar-refractivity contribution in [3.63, 3.8) is 0 Å². The zero-order valence-electron chi connectivity index (χ0n) is 7.44. The number of aromatic nitrogens is 2. The van der Waals surface area contributed by atoms with E-state index < -0.39 is 6.10 Å². The first kappa shape index (κ1) is 8.73. The van der Waals surface area contributed by atoms with Crippen molar-refractivity contribution < 1.29 is 5.11 Å². The smallest absolute Gasteiger partial charge is 0.137 e. The second kappa shape index (κ2) is 3.48. The molecule has 0 aliphatic heterocycles. The molecule has 0 aliphatic rings. The molecule has 2 N–H and O–H groups in total. The number of aliphatic hydroxyl groups is 1. The lowest BCUT2D eigenvalue weighted by Crippen LogP contribution is -1.93. The molecule has 0 fully saturated rings. The number of hydrogen-bond donors (Lipinski definition) is 2. The first-order valence-electron chi connectivity index (χ1n) is 4.30. The summed E-state index contributed by atoms with van der Waals surface area (Å²) < 4.78 is 0. The highest BCUT2D eigenvalue weighted by atomic mass is 16.3. The largest absolute Gasteiger partial charge is 0.387 e. The van der Waals surface area contributed by atoms with Gasteiger partial charge in [-0.05, 0) is 12.1 Å². The summed E-state index contributed by atoms with van der Waals surface area (Å²) >= 11 is 0. The number of fused-ring (bicyclic) bond motifs is 1. The Balaban J connectivity index is 2.48. The monoisotopic (exact) mass is 187 g/mol. The van der Waals surface area contributed by atoms with E-state index in [1.54, 1.807) is 18.5 Å². The summed E-state index contributed by atoms with van der Waals surface area (Å²) in [6.45, 7) is 0. The maximum Gasteiger partial charge on any atom is 0.137 e. The summed E-state index contributed by atoms with van der Waals surface area (Å²) in [7, 11) is 0. The highest BCUT2D eigenvalue weighted by molar-refractivity contribution is 5.79. The number of hydrogen-bond acceptors (Lipinski definition) is 3. The molecule has 0 saturated heterocycles. The molecular formula is C10H9N3O. The van der Waals surface area contributed by atoms with Gasteiger partial charge in [0.1, 0.15) is 5.65 Å². The summed E-state index contributed by atoms with van der Waals surface area (Å²) in [5.74, 6) is 0. The van der Waals surface area contributed by atoms with Gasteiger partial charge in [0.2, 0.25) is 0 Å². The molecule has 14 heavy (non-hydrogen) atoms. The molecule has 0 aromatic carbocycles. The van der Waals surface area contributed by atoms with Gasteiger partial charge < -0.3 is 10.1 Å². The fourth-order valence-corrected chi connectivity index (χ4v) is 1.45. The number of nitrogens with one attached hydrogen (secondary N) is 1. The fourth-order valence-electron chi connectivity index (χ4n) is 1.45. The molecule has 2 aromatic heterocycles. The van der Waals surface area contributed by atoms with Crippen LogP contribution in [0.1, 0.15) is 18.1 Å². The van der Waals surface area contributed by atoms with Gasteiger partial charge in [-0.1, -0.05) is 0 Å². The van der Waals surface area contributed by atoms with Gasteiger partial charge in [-0.2, -0.15) is 5.26 Å². The van der Waals surface area contributed by atoms with E-state index in [0.717, 1.165) is 16.6 Å². The number of H-pyrrole nitrogens is 1. The second-order valence-electron chi connectivity index (χ2n) is 3.02. The van der Waals surface area contributed by atoms with Crippen molar-refractivity contribution in [2.75, 3.05) is 0 Å². The lowest BCUT2D eigenvalue weighted by Gasteiger charge is -2.03. The van der Waals surface area contributed by atoms with E-state index in [-0.39, 0.29) is 6.42 Å². The average Bonchev–Trinajstić information content (AvgIpc) is 2.61. The maximum absolute atomic E-state index is 9.64. The molecule has 70 valence electrons. The van der Waals surface area contributed by atoms with Gasteiger partial charge in [0, 0.05) is 23.3 Å². The van der Waals surface area contributed by atoms with Gasteiger partial charge in [0.15, 0.2) is 0 Å². The third-order valence-corrected chi connectivity index (χ3v) is 2.13. The van der Waals surface area contributed by atoms with E-state index in [1.807, 2.05) is 12.1 Å². The highest BCUT2D eigenvalue weighted by Crippen LogP contribution is 2.24. The Bertz CT molecular complexity index is 483. The van der Waals surface area contributed by atoms with Crippen LogP contribution in [0.5, 0.6) is 0 Å². The Morgan fingerprint density at radius 1 is 1.64 bits per heavy atom. The van der Waals surface area contributed by atoms with Crippen LogP contribution in [-0.4, -0.2) is 15.1 Å². The Kier molecular flexibility index (Phi) is 2.17. The standard InChI is InChI=1S/C10H9N3O/c11-4-3-9(14)8-6-13-10-7(8)2-1-5-12-10/h1-2,5-6,9,14H,3H2,(H,12,13). The summed E-state index contributed by atoms with van der Waals surface area (Å²) in [4.78, 5) is 7.04. The van der Waals surface area contributed by atoms with Gasteiger partial charge in [-0.25, -0.2) is 4.98 Å². The number of aliphatic hydroxyl groups excluding tert-OH is 1. The summed E-state index contributed by atoms with van der Waals surface area (Å²) in [5.41, 5.74) is 1.47. The number of nitrogens with zero attached hydrogens (tertiary/aromatic N) is 2. The molecule has 1 unspecified atom stereocenters. The van der Waals surface area contributed by atoms with E-state index in [2.05, 4.69) is 9.97 Å². The third-order valence-electron chi connectivity index (χ3n) is 2.13. The van der Waals surface area contributed by atoms with Crippen LogP contribution in [0.2, 0.25) is 0 Å². The van der Waals surface area contributed by atoms with Gasteiger partial charge in [-0.15, -0.1) is 0 Å². The summed E-state index contributed by atoms with van der Waals surface area (Å²) in [6, 6.07) is 5.61. The van der Waals surface area contributed by atoms with E-state index in [9.17, 15) is 5.11 Å². The van der Waals surface area contributed by atoms with Crippen LogP contribution in [0.15, 0.2) is 24.5 Å². The van der Waals surface area contributed by atoms with Crippen molar-refractivity contribution in [3.05, 3.63) is 30.1 Å². The molecule has 4 heteroatoms. The van der Waals surface area contributed by atoms with Crippen molar-refractivity contribution >= 4 is 11.0 Å². The zero-order valence-corrected chi connectivity index (χ0v) is 7.44. The van der Waals surface area contributed by atoms with Crippen molar-refractivity contribution in [3.8, 4) is 6.07 Å². The molecule has 0 amide bonds. The van der Waals surface area contributed by atoms with E-state index >= 15 is 0 Å². The molecule has 1 atom stereocenters. The number of rotatable bonds is 2. The first-order chi connectivity index (χ1) is 6.83. The molecule has 0 radical (unpaired) electrons. The predicted molar refractivity (Wildman–Crippen MR) is 51.3 cm³/mol. The van der Waals surface area contributed by atoms with Crippen LogP contribution >= 0.6 is 0 Å². The molecule has 2 rings (SSSR count). The third kappa shape index (κ3) is 1.34. The molecule has 0 aliphatic carbocycles. The highest BCUT2D eigenvalue weighted by Gasteiger charge is 2.12. The van der Waals surface area contributed by atoms with Gasteiger partial charge in [0.05, 0.1) is 18.6 Å². The zero-order chi connectivity index (χ0) is 9.97. The maximum atomic E-state index is 9.64. The lowest BCUT2D eigenvalue weighted by atomic mass is 10.1. The quantitative estimate of drug-likeness (QED) is 0.748. The van der Waals surface area contributed by atoms with Crippen LogP contribution in [0, 0.1) is 11.3 Å². The van der Waals surface area contributed by atoms with Crippen molar-refractivity contribution in [1.29, 1.82) is 5.26 Å². The van der Waals surface area contributed by atoms with Crippen molar-refractivity contribution in [2.24, 2.45) is 0 Å². The summed E-state index contributed by atoms with van der Waals surface area (Å²) in [6.07, 6.45) is 2.74. The Labute approximate surface area is 80.8 Å². The Hall–Kier alpha value is -1.86. The molecular weight excluding hydrogens is 178 g/mol. The Morgan fingerprint density at radius 3 is 3.29 bits per heavy atom. The van der Waals surface area contributed by atoms with Crippen LogP contribution in [0.3, 0.4) is 0 Å². The fraction of sp³-hybridized carbons (Fsp3) is 0.200. The van der Waals surface area contributed by atoms with Crippen LogP contribution in [0.4, 0.5) is 0 Å². The minimum atomic E-state index is -0.738. The molecule has 0 spiro atoms. The summed E-state index contributed by atoms with van der Waals surface area (Å²) in [5, 5.41) is 19.0. The minimum Gasteiger partial charge on any atom is -0.387 e. The van der Waals surface area contributed by atoms with Crippen LogP contribution in [0.25, 0.3) is 11.0 Å². The van der Waals surface area contributed by atoms with E-state index in [1.165, 1.54) is 0 Å². The van der Waals surface area contributed by atoms with Crippen molar-refractivity contribution in [1.82, 2.24) is 9.97 Å². The molecule has 0 bridgehead atoms. The molecule has 2 aromatic rings. The van der Waals surface area contributed by atoms with E-state index in [4.69, 9.17) is 5.26 Å². The lowest BCUT2D eigenvalue weighted by molar-refractivity contribution is 0.185.